The van der Waals surface area contributed by atoms with Crippen LogP contribution in [0.25, 0.3) is 0 Å². The van der Waals surface area contributed by atoms with Crippen LogP contribution in [-0.2, 0) is 113 Å². The molecule has 0 heterocycles. The van der Waals surface area contributed by atoms with E-state index in [0.29, 0.717) is 10.8 Å². The lowest BCUT2D eigenvalue weighted by molar-refractivity contribution is 0.484. The first-order valence-corrected chi connectivity index (χ1v) is 21.3. The Bertz CT molecular complexity index is 1010. The lowest BCUT2D eigenvalue weighted by Crippen LogP contribution is -2.18. The van der Waals surface area contributed by atoms with Crippen molar-refractivity contribution >= 4 is 124 Å². The summed E-state index contributed by atoms with van der Waals surface area (Å²) in [6, 6.07) is 4.43. The Kier molecular flexibility index (Phi) is 10.6. The summed E-state index contributed by atoms with van der Waals surface area (Å²) in [5, 5.41) is 0. The lowest BCUT2D eigenvalue weighted by Gasteiger charge is -2.27. The monoisotopic (exact) mass is 617 g/mol. The van der Waals surface area contributed by atoms with Gasteiger partial charge in [-0.25, -0.2) is 0 Å². The number of benzene rings is 1. The van der Waals surface area contributed by atoms with E-state index < -0.39 is 0 Å². The van der Waals surface area contributed by atoms with Crippen LogP contribution in [0, 0.1) is 0 Å². The summed E-state index contributed by atoms with van der Waals surface area (Å²) in [6.45, 7) is 4.78. The minimum Gasteiger partial charge on any atom is -0.398 e. The molecule has 0 saturated heterocycles. The second-order valence-corrected chi connectivity index (χ2v) is 23.1. The number of rotatable bonds is 0. The lowest BCUT2D eigenvalue weighted by atomic mass is 9.78. The molecular formula is C13H16BrNS11. The minimum absolute atomic E-state index is 0.388. The summed E-state index contributed by atoms with van der Waals surface area (Å²) in [5.41, 5.74) is 10.7. The molecule has 13 heteroatoms. The summed E-state index contributed by atoms with van der Waals surface area (Å²) in [5.74, 6) is 0. The molecule has 0 radical (unpaired) electrons. The number of anilines is 1. The molecule has 2 atom stereocenters. The molecule has 2 aliphatic carbocycles. The Hall–Kier alpha value is 1.92. The number of hydrogen-bond donors (Lipinski definition) is 1. The number of halogens is 1. The Labute approximate surface area is 198 Å². The van der Waals surface area contributed by atoms with Crippen LogP contribution < -0.4 is 5.73 Å². The highest BCUT2D eigenvalue weighted by molar-refractivity contribution is 9.10. The zero-order valence-electron chi connectivity index (χ0n) is 13.7. The fourth-order valence-corrected chi connectivity index (χ4v) is 23.3. The third-order valence-corrected chi connectivity index (χ3v) is 23.1. The fourth-order valence-electron chi connectivity index (χ4n) is 3.72. The van der Waals surface area contributed by atoms with E-state index in [9.17, 15) is 0 Å². The van der Waals surface area contributed by atoms with Crippen molar-refractivity contribution in [1.29, 1.82) is 0 Å². The van der Waals surface area contributed by atoms with Crippen molar-refractivity contribution < 1.29 is 0 Å². The smallest absolute Gasteiger partial charge is 0.0461 e. The van der Waals surface area contributed by atoms with Gasteiger partial charge in [0.2, 0.25) is 0 Å². The van der Waals surface area contributed by atoms with Crippen molar-refractivity contribution in [2.75, 3.05) is 5.73 Å². The molecule has 1 saturated carbocycles. The molecule has 2 bridgehead atoms. The fraction of sp³-hybridized carbons (Fsp3) is 0.538. The highest BCUT2D eigenvalue weighted by Gasteiger charge is 2.52. The molecule has 0 aromatic heterocycles. The predicted molar refractivity (Wildman–Crippen MR) is 148 cm³/mol. The van der Waals surface area contributed by atoms with E-state index >= 15 is 0 Å². The first-order chi connectivity index (χ1) is 12.4. The molecule has 1 aromatic rings. The second kappa shape index (κ2) is 11.3. The van der Waals surface area contributed by atoms with E-state index in [4.69, 9.17) is 5.73 Å². The molecular weight excluding hydrogens is 603 g/mol. The van der Waals surface area contributed by atoms with Crippen molar-refractivity contribution in [3.8, 4) is 0 Å². The van der Waals surface area contributed by atoms with E-state index in [1.54, 1.807) is 62.2 Å². The molecule has 3 rings (SSSR count). The van der Waals surface area contributed by atoms with Gasteiger partial charge in [-0.2, -0.15) is 0 Å². The highest BCUT2D eigenvalue weighted by atomic mass is 79.9. The molecule has 146 valence electrons. The maximum atomic E-state index is 5.98. The zero-order chi connectivity index (χ0) is 19.2. The third kappa shape index (κ3) is 6.21. The predicted octanol–water partition coefficient (Wildman–Crippen LogP) is 3.72. The molecule has 1 fully saturated rings. The molecule has 1 nitrogen and oxygen atoms in total. The highest BCUT2D eigenvalue weighted by Crippen LogP contribution is 2.61. The van der Waals surface area contributed by atoms with Gasteiger partial charge in [-0.05, 0) is 69.3 Å². The van der Waals surface area contributed by atoms with Crippen molar-refractivity contribution in [2.45, 2.75) is 43.9 Å². The first-order valence-electron chi connectivity index (χ1n) is 7.21. The molecule has 2 aliphatic rings. The molecule has 0 spiro atoms. The van der Waals surface area contributed by atoms with Gasteiger partial charge in [0.1, 0.15) is 0 Å². The largest absolute Gasteiger partial charge is 0.398 e. The van der Waals surface area contributed by atoms with Crippen molar-refractivity contribution in [1.82, 2.24) is 0 Å². The molecule has 26 heavy (non-hydrogen) atoms. The minimum atomic E-state index is 0.388. The summed E-state index contributed by atoms with van der Waals surface area (Å²) in [4.78, 5) is 0. The summed E-state index contributed by atoms with van der Waals surface area (Å²) < 4.78 is 1.05. The summed E-state index contributed by atoms with van der Waals surface area (Å²) in [7, 11) is 14.5. The van der Waals surface area contributed by atoms with Crippen molar-refractivity contribution in [2.24, 2.45) is 0 Å². The van der Waals surface area contributed by atoms with Gasteiger partial charge < -0.3 is 5.73 Å². The van der Waals surface area contributed by atoms with Gasteiger partial charge in [0.15, 0.2) is 0 Å². The van der Waals surface area contributed by atoms with Crippen LogP contribution in [0.4, 0.5) is 5.69 Å². The Morgan fingerprint density at radius 2 is 1.27 bits per heavy atom. The third-order valence-electron chi connectivity index (χ3n) is 4.67. The number of nitrogens with two attached hydrogens (primary N) is 1. The van der Waals surface area contributed by atoms with E-state index in [1.165, 1.54) is 48.2 Å². The standard InChI is InChI=1S/C13H16BrN.S11/c1-12-3-4-13(2,7-12)9-6-11(15)10(14)5-8(9)12;1-3-5-7-9-11-10-8-6-4-2/h5-6H,3-4,7,15H2,1-2H3;. The molecule has 0 aliphatic heterocycles. The number of nitrogen functional groups attached to an aromatic ring is 1. The zero-order valence-corrected chi connectivity index (χ0v) is 24.3. The van der Waals surface area contributed by atoms with Crippen molar-refractivity contribution in [3.63, 3.8) is 0 Å². The van der Waals surface area contributed by atoms with Crippen LogP contribution in [0.2, 0.25) is 0 Å². The Morgan fingerprint density at radius 1 is 0.846 bits per heavy atom. The van der Waals surface area contributed by atoms with Gasteiger partial charge >= 0.3 is 0 Å². The average molecular weight is 619 g/mol. The van der Waals surface area contributed by atoms with Crippen LogP contribution in [0.15, 0.2) is 16.6 Å². The van der Waals surface area contributed by atoms with E-state index in [0.717, 1.165) is 10.2 Å². The van der Waals surface area contributed by atoms with Gasteiger partial charge in [0.05, 0.1) is 0 Å². The van der Waals surface area contributed by atoms with E-state index in [2.05, 4.69) is 64.3 Å². The van der Waals surface area contributed by atoms with Gasteiger partial charge in [0.25, 0.3) is 0 Å². The van der Waals surface area contributed by atoms with E-state index in [1.807, 2.05) is 0 Å². The Balaban J connectivity index is 0.000000199. The maximum Gasteiger partial charge on any atom is 0.0461 e. The topological polar surface area (TPSA) is 26.0 Å². The normalized spacial score (nSPS) is 24.3. The van der Waals surface area contributed by atoms with E-state index in [-0.39, 0.29) is 0 Å². The Morgan fingerprint density at radius 3 is 1.73 bits per heavy atom. The van der Waals surface area contributed by atoms with Crippen LogP contribution in [-0.4, -0.2) is 0 Å². The average Bonchev–Trinajstić information content (AvgIpc) is 3.03. The molecule has 2 N–H and O–H groups in total. The van der Waals surface area contributed by atoms with Crippen LogP contribution >= 0.6 is 15.9 Å². The molecule has 1 aromatic carbocycles. The summed E-state index contributed by atoms with van der Waals surface area (Å²) >= 11 is 12.9. The quantitative estimate of drug-likeness (QED) is 0.449. The van der Waals surface area contributed by atoms with Gasteiger partial charge in [-0.15, -0.1) is 0 Å². The van der Waals surface area contributed by atoms with Gasteiger partial charge in [-0.3, -0.25) is 0 Å². The second-order valence-electron chi connectivity index (χ2n) is 6.33. The molecule has 0 amide bonds. The maximum absolute atomic E-state index is 5.98. The van der Waals surface area contributed by atoms with Crippen molar-refractivity contribution in [3.05, 3.63) is 27.7 Å². The van der Waals surface area contributed by atoms with Gasteiger partial charge in [0, 0.05) is 112 Å². The van der Waals surface area contributed by atoms with Gasteiger partial charge in [-0.1, -0.05) is 13.8 Å². The summed E-state index contributed by atoms with van der Waals surface area (Å²) in [6.07, 6.45) is 3.94. The van der Waals surface area contributed by atoms with Crippen LogP contribution in [0.5, 0.6) is 0 Å². The van der Waals surface area contributed by atoms with Crippen LogP contribution in [0.1, 0.15) is 44.2 Å². The number of fused-ring (bicyclic) bond motifs is 5. The van der Waals surface area contributed by atoms with Crippen LogP contribution in [0.3, 0.4) is 0 Å². The SMILES string of the molecule is CC12CCC(C)(C1)c1cc(Br)c(N)cc12.S=S=S=S=S=S=S=S=S=S=S. The first kappa shape index (κ1) is 24.2. The molecule has 2 unspecified atom stereocenters. The number of hydrogen-bond acceptors (Lipinski definition) is 3.